The molecule has 0 radical (unpaired) electrons. The predicted molar refractivity (Wildman–Crippen MR) is 98.8 cm³/mol. The van der Waals surface area contributed by atoms with E-state index in [1.165, 1.54) is 24.8 Å². The molecule has 0 nitrogen and oxygen atoms in total. The van der Waals surface area contributed by atoms with Crippen LogP contribution in [0.25, 0.3) is 0 Å². The maximum absolute atomic E-state index is 2.52. The quantitative estimate of drug-likeness (QED) is 0.453. The van der Waals surface area contributed by atoms with E-state index in [9.17, 15) is 0 Å². The summed E-state index contributed by atoms with van der Waals surface area (Å²) in [7, 11) is 0. The van der Waals surface area contributed by atoms with Gasteiger partial charge < -0.3 is 0 Å². The van der Waals surface area contributed by atoms with Gasteiger partial charge in [0.15, 0.2) is 0 Å². The van der Waals surface area contributed by atoms with Gasteiger partial charge in [0.25, 0.3) is 0 Å². The molecule has 0 amide bonds. The number of allylic oxidation sites excluding steroid dienone is 6. The fourth-order valence-electron chi connectivity index (χ4n) is 4.43. The normalized spacial score (nSPS) is 26.5. The van der Waals surface area contributed by atoms with E-state index in [0.717, 1.165) is 17.8 Å². The summed E-state index contributed by atoms with van der Waals surface area (Å²) in [4.78, 5) is 0. The van der Waals surface area contributed by atoms with Crippen LogP contribution in [0.4, 0.5) is 0 Å². The van der Waals surface area contributed by atoms with Gasteiger partial charge >= 0.3 is 0 Å². The van der Waals surface area contributed by atoms with Gasteiger partial charge in [0.1, 0.15) is 0 Å². The molecule has 0 aromatic carbocycles. The zero-order valence-corrected chi connectivity index (χ0v) is 15.8. The van der Waals surface area contributed by atoms with Crippen molar-refractivity contribution in [2.75, 3.05) is 0 Å². The highest BCUT2D eigenvalue weighted by Gasteiger charge is 2.41. The highest BCUT2D eigenvalue weighted by Crippen LogP contribution is 2.51. The summed E-state index contributed by atoms with van der Waals surface area (Å²) in [5.74, 6) is 3.94. The smallest absolute Gasteiger partial charge is 0.0206 e. The minimum Gasteiger partial charge on any atom is -0.0822 e. The van der Waals surface area contributed by atoms with Crippen LogP contribution in [0.3, 0.4) is 0 Å². The summed E-state index contributed by atoms with van der Waals surface area (Å²) >= 11 is 0. The molecule has 2 aliphatic carbocycles. The Hall–Kier alpha value is -0.780. The molecule has 0 saturated heterocycles. The summed E-state index contributed by atoms with van der Waals surface area (Å²) in [5, 5.41) is 0. The Kier molecular flexibility index (Phi) is 5.41. The number of hydrogen-bond donors (Lipinski definition) is 0. The third kappa shape index (κ3) is 4.15. The van der Waals surface area contributed by atoms with E-state index >= 15 is 0 Å². The Morgan fingerprint density at radius 3 is 2.27 bits per heavy atom. The molecule has 0 spiro atoms. The molecule has 0 aliphatic heterocycles. The van der Waals surface area contributed by atoms with Crippen molar-refractivity contribution in [3.63, 3.8) is 0 Å². The Morgan fingerprint density at radius 1 is 1.23 bits per heavy atom. The van der Waals surface area contributed by atoms with Crippen molar-refractivity contribution in [3.05, 3.63) is 35.5 Å². The predicted octanol–water partition coefficient (Wildman–Crippen LogP) is 6.80. The molecular formula is C22H36. The second kappa shape index (κ2) is 6.77. The summed E-state index contributed by atoms with van der Waals surface area (Å²) in [6.45, 7) is 16.9. The van der Waals surface area contributed by atoms with Crippen LogP contribution in [-0.2, 0) is 0 Å². The molecule has 0 aromatic heterocycles. The van der Waals surface area contributed by atoms with Crippen LogP contribution in [0.2, 0.25) is 0 Å². The molecular weight excluding hydrogens is 264 g/mol. The van der Waals surface area contributed by atoms with Crippen LogP contribution < -0.4 is 0 Å². The van der Waals surface area contributed by atoms with Gasteiger partial charge in [0.2, 0.25) is 0 Å². The second-order valence-electron chi connectivity index (χ2n) is 9.03. The van der Waals surface area contributed by atoms with E-state index < -0.39 is 0 Å². The molecule has 0 bridgehead atoms. The molecule has 4 atom stereocenters. The van der Waals surface area contributed by atoms with Crippen molar-refractivity contribution < 1.29 is 0 Å². The molecule has 22 heavy (non-hydrogen) atoms. The number of hydrogen-bond acceptors (Lipinski definition) is 0. The first-order chi connectivity index (χ1) is 10.2. The highest BCUT2D eigenvalue weighted by molar-refractivity contribution is 5.35. The lowest BCUT2D eigenvalue weighted by molar-refractivity contribution is 0.0277. The van der Waals surface area contributed by atoms with E-state index in [1.807, 2.05) is 0 Å². The lowest BCUT2D eigenvalue weighted by Crippen LogP contribution is -2.38. The van der Waals surface area contributed by atoms with Gasteiger partial charge in [0.05, 0.1) is 0 Å². The summed E-state index contributed by atoms with van der Waals surface area (Å²) < 4.78 is 0. The molecule has 4 unspecified atom stereocenters. The molecule has 2 aliphatic rings. The topological polar surface area (TPSA) is 0 Å². The van der Waals surface area contributed by atoms with Gasteiger partial charge in [-0.1, -0.05) is 71.4 Å². The molecule has 124 valence electrons. The Bertz CT molecular complexity index is 466. The van der Waals surface area contributed by atoms with Gasteiger partial charge in [-0.25, -0.2) is 0 Å². The summed E-state index contributed by atoms with van der Waals surface area (Å²) in [5.41, 5.74) is 3.70. The Labute approximate surface area is 138 Å². The van der Waals surface area contributed by atoms with E-state index in [1.54, 1.807) is 5.57 Å². The summed E-state index contributed by atoms with van der Waals surface area (Å²) in [6.07, 6.45) is 13.2. The zero-order valence-electron chi connectivity index (χ0n) is 15.8. The molecule has 0 aromatic rings. The molecule has 0 N–H and O–H groups in total. The first kappa shape index (κ1) is 17.6. The van der Waals surface area contributed by atoms with Crippen LogP contribution in [0.15, 0.2) is 35.5 Å². The molecule has 2 rings (SSSR count). The fraction of sp³-hybridized carbons (Fsp3) is 0.727. The third-order valence-corrected chi connectivity index (χ3v) is 6.44. The average Bonchev–Trinajstić information content (AvgIpc) is 2.37. The molecule has 0 heterocycles. The van der Waals surface area contributed by atoms with Gasteiger partial charge in [-0.05, 0) is 66.8 Å². The minimum absolute atomic E-state index is 0.602. The second-order valence-corrected chi connectivity index (χ2v) is 9.03. The maximum Gasteiger partial charge on any atom is -0.0206 e. The van der Waals surface area contributed by atoms with Gasteiger partial charge in [-0.3, -0.25) is 0 Å². The largest absolute Gasteiger partial charge is 0.0822 e. The molecule has 0 heteroatoms. The monoisotopic (exact) mass is 300 g/mol. The maximum atomic E-state index is 2.52. The van der Waals surface area contributed by atoms with Crippen molar-refractivity contribution >= 4 is 0 Å². The van der Waals surface area contributed by atoms with Gasteiger partial charge in [-0.15, -0.1) is 0 Å². The van der Waals surface area contributed by atoms with Crippen molar-refractivity contribution in [1.29, 1.82) is 0 Å². The summed E-state index contributed by atoms with van der Waals surface area (Å²) in [6, 6.07) is 0. The Morgan fingerprint density at radius 2 is 1.82 bits per heavy atom. The lowest BCUT2D eigenvalue weighted by atomic mass is 9.57. The van der Waals surface area contributed by atoms with Crippen LogP contribution in [0, 0.1) is 35.0 Å². The van der Waals surface area contributed by atoms with Crippen molar-refractivity contribution in [1.82, 2.24) is 0 Å². The Balaban J connectivity index is 1.86. The van der Waals surface area contributed by atoms with E-state index in [2.05, 4.69) is 72.8 Å². The van der Waals surface area contributed by atoms with Crippen LogP contribution in [-0.4, -0.2) is 0 Å². The average molecular weight is 301 g/mol. The van der Waals surface area contributed by atoms with Crippen LogP contribution >= 0.6 is 0 Å². The van der Waals surface area contributed by atoms with Crippen LogP contribution in [0.1, 0.15) is 67.7 Å². The van der Waals surface area contributed by atoms with E-state index in [-0.39, 0.29) is 0 Å². The standard InChI is InChI=1S/C22H36/c1-15(12-20-9-8-10-20)11-16(2)17(3)18(4)19(5)21-13-22(6,7)14-21/h8-11,15,17-19,21H,12-14H2,1-7H3. The lowest BCUT2D eigenvalue weighted by Gasteiger charge is -2.48. The molecule has 1 saturated carbocycles. The zero-order chi connectivity index (χ0) is 16.5. The van der Waals surface area contributed by atoms with E-state index in [0.29, 0.717) is 17.3 Å². The van der Waals surface area contributed by atoms with Crippen LogP contribution in [0.5, 0.6) is 0 Å². The van der Waals surface area contributed by atoms with Gasteiger partial charge in [-0.2, -0.15) is 0 Å². The van der Waals surface area contributed by atoms with E-state index in [4.69, 9.17) is 0 Å². The molecule has 1 fully saturated rings. The first-order valence-electron chi connectivity index (χ1n) is 9.25. The van der Waals surface area contributed by atoms with Gasteiger partial charge in [0, 0.05) is 0 Å². The minimum atomic E-state index is 0.602. The SMILES string of the molecule is CC(=CC(C)CC1=CC=C1)C(C)C(C)C(C)C1CC(C)(C)C1. The van der Waals surface area contributed by atoms with Crippen molar-refractivity contribution in [3.8, 4) is 0 Å². The third-order valence-electron chi connectivity index (χ3n) is 6.44. The number of rotatable bonds is 7. The highest BCUT2D eigenvalue weighted by atomic mass is 14.5. The van der Waals surface area contributed by atoms with Crippen molar-refractivity contribution in [2.45, 2.75) is 67.7 Å². The first-order valence-corrected chi connectivity index (χ1v) is 9.25. The fourth-order valence-corrected chi connectivity index (χ4v) is 4.43. The van der Waals surface area contributed by atoms with Crippen molar-refractivity contribution in [2.24, 2.45) is 35.0 Å².